The summed E-state index contributed by atoms with van der Waals surface area (Å²) in [7, 11) is 1.93. The summed E-state index contributed by atoms with van der Waals surface area (Å²) in [6.45, 7) is 0.933. The summed E-state index contributed by atoms with van der Waals surface area (Å²) in [6, 6.07) is 10.1. The van der Waals surface area contributed by atoms with Crippen LogP contribution < -0.4 is 5.32 Å². The van der Waals surface area contributed by atoms with Crippen LogP contribution in [-0.2, 0) is 0 Å². The zero-order valence-electron chi connectivity index (χ0n) is 9.33. The van der Waals surface area contributed by atoms with Gasteiger partial charge < -0.3 is 5.32 Å². The van der Waals surface area contributed by atoms with Crippen LogP contribution in [0.1, 0.15) is 12.0 Å². The van der Waals surface area contributed by atoms with E-state index in [2.05, 4.69) is 34.3 Å². The van der Waals surface area contributed by atoms with Crippen LogP contribution in [0.4, 0.5) is 0 Å². The lowest BCUT2D eigenvalue weighted by Gasteiger charge is -1.96. The van der Waals surface area contributed by atoms with E-state index in [0.717, 1.165) is 29.4 Å². The quantitative estimate of drug-likeness (QED) is 0.607. The maximum atomic E-state index is 4.27. The van der Waals surface area contributed by atoms with Gasteiger partial charge in [0.1, 0.15) is 0 Å². The average Bonchev–Trinajstić information content (AvgIpc) is 2.34. The third kappa shape index (κ3) is 2.59. The molecule has 1 aromatic heterocycles. The maximum Gasteiger partial charge on any atom is 0.0702 e. The molecule has 0 spiro atoms. The third-order valence-electron chi connectivity index (χ3n) is 2.34. The average molecular weight is 210 g/mol. The van der Waals surface area contributed by atoms with Gasteiger partial charge in [-0.05, 0) is 31.3 Å². The zero-order valence-corrected chi connectivity index (χ0v) is 9.33. The predicted molar refractivity (Wildman–Crippen MR) is 67.2 cm³/mol. The number of aromatic nitrogens is 1. The van der Waals surface area contributed by atoms with Crippen LogP contribution >= 0.6 is 0 Å². The summed E-state index contributed by atoms with van der Waals surface area (Å²) < 4.78 is 0. The van der Waals surface area contributed by atoms with Gasteiger partial charge in [0.25, 0.3) is 0 Å². The number of nitrogens with zero attached hydrogens (tertiary/aromatic N) is 1. The normalized spacial score (nSPS) is 9.81. The molecule has 1 heterocycles. The lowest BCUT2D eigenvalue weighted by molar-refractivity contribution is 0.818. The Morgan fingerprint density at radius 2 is 2.25 bits per heavy atom. The monoisotopic (exact) mass is 210 g/mol. The number of benzene rings is 1. The van der Waals surface area contributed by atoms with Crippen molar-refractivity contribution in [1.29, 1.82) is 0 Å². The smallest absolute Gasteiger partial charge is 0.0702 e. The Labute approximate surface area is 95.7 Å². The Kier molecular flexibility index (Phi) is 3.53. The molecule has 0 atom stereocenters. The fourth-order valence-electron chi connectivity index (χ4n) is 1.51. The Bertz CT molecular complexity index is 535. The van der Waals surface area contributed by atoms with Crippen molar-refractivity contribution in [2.24, 2.45) is 0 Å². The molecule has 0 saturated carbocycles. The second-order valence-corrected chi connectivity index (χ2v) is 3.57. The first-order chi connectivity index (χ1) is 7.90. The van der Waals surface area contributed by atoms with E-state index < -0.39 is 0 Å². The highest BCUT2D eigenvalue weighted by atomic mass is 14.8. The van der Waals surface area contributed by atoms with Gasteiger partial charge in [0.05, 0.1) is 5.52 Å². The van der Waals surface area contributed by atoms with Crippen molar-refractivity contribution in [2.45, 2.75) is 6.42 Å². The molecule has 2 rings (SSSR count). The standard InChI is InChI=1S/C14H14N2/c1-15-9-3-2-5-12-7-8-14-13(11-12)6-4-10-16-14/h4,6-8,10-11,15H,3,9H2,1H3. The highest BCUT2D eigenvalue weighted by Crippen LogP contribution is 2.12. The molecule has 0 radical (unpaired) electrons. The van der Waals surface area contributed by atoms with Gasteiger partial charge in [-0.2, -0.15) is 0 Å². The molecule has 0 saturated heterocycles. The van der Waals surface area contributed by atoms with E-state index in [4.69, 9.17) is 0 Å². The number of nitrogens with one attached hydrogen (secondary N) is 1. The maximum absolute atomic E-state index is 4.27. The van der Waals surface area contributed by atoms with Crippen LogP contribution in [-0.4, -0.2) is 18.6 Å². The molecule has 2 nitrogen and oxygen atoms in total. The summed E-state index contributed by atoms with van der Waals surface area (Å²) in [5.41, 5.74) is 2.07. The minimum atomic E-state index is 0.877. The van der Waals surface area contributed by atoms with Crippen molar-refractivity contribution in [3.63, 3.8) is 0 Å². The van der Waals surface area contributed by atoms with Gasteiger partial charge in [0, 0.05) is 30.1 Å². The molecule has 1 N–H and O–H groups in total. The van der Waals surface area contributed by atoms with E-state index in [9.17, 15) is 0 Å². The van der Waals surface area contributed by atoms with Crippen molar-refractivity contribution in [1.82, 2.24) is 10.3 Å². The van der Waals surface area contributed by atoms with E-state index in [0.29, 0.717) is 0 Å². The van der Waals surface area contributed by atoms with Gasteiger partial charge in [0.2, 0.25) is 0 Å². The Morgan fingerprint density at radius 3 is 3.12 bits per heavy atom. The van der Waals surface area contributed by atoms with Crippen LogP contribution in [0.25, 0.3) is 10.9 Å². The first kappa shape index (κ1) is 10.7. The second kappa shape index (κ2) is 5.29. The van der Waals surface area contributed by atoms with Gasteiger partial charge in [0.15, 0.2) is 0 Å². The molecule has 0 bridgehead atoms. The molecule has 80 valence electrons. The van der Waals surface area contributed by atoms with Crippen molar-refractivity contribution in [3.05, 3.63) is 42.1 Å². The molecule has 16 heavy (non-hydrogen) atoms. The molecule has 0 aliphatic carbocycles. The highest BCUT2D eigenvalue weighted by molar-refractivity contribution is 5.79. The fraction of sp³-hybridized carbons (Fsp3) is 0.214. The van der Waals surface area contributed by atoms with E-state index in [1.807, 2.05) is 25.2 Å². The number of fused-ring (bicyclic) bond motifs is 1. The Morgan fingerprint density at radius 1 is 1.31 bits per heavy atom. The van der Waals surface area contributed by atoms with Crippen molar-refractivity contribution in [2.75, 3.05) is 13.6 Å². The van der Waals surface area contributed by atoms with Crippen LogP contribution in [0.3, 0.4) is 0 Å². The minimum Gasteiger partial charge on any atom is -0.319 e. The molecular formula is C14H14N2. The van der Waals surface area contributed by atoms with Gasteiger partial charge in [-0.25, -0.2) is 0 Å². The van der Waals surface area contributed by atoms with Gasteiger partial charge in [-0.15, -0.1) is 0 Å². The largest absolute Gasteiger partial charge is 0.319 e. The van der Waals surface area contributed by atoms with Crippen LogP contribution in [0.5, 0.6) is 0 Å². The molecule has 0 unspecified atom stereocenters. The molecular weight excluding hydrogens is 196 g/mol. The first-order valence-corrected chi connectivity index (χ1v) is 5.38. The lowest BCUT2D eigenvalue weighted by atomic mass is 10.1. The fourth-order valence-corrected chi connectivity index (χ4v) is 1.51. The topological polar surface area (TPSA) is 24.9 Å². The molecule has 2 heteroatoms. The summed E-state index contributed by atoms with van der Waals surface area (Å²) in [6.07, 6.45) is 2.68. The van der Waals surface area contributed by atoms with Crippen molar-refractivity contribution in [3.8, 4) is 11.8 Å². The molecule has 0 aliphatic rings. The van der Waals surface area contributed by atoms with E-state index in [1.165, 1.54) is 0 Å². The van der Waals surface area contributed by atoms with E-state index in [1.54, 1.807) is 6.20 Å². The molecule has 0 amide bonds. The van der Waals surface area contributed by atoms with Gasteiger partial charge in [-0.1, -0.05) is 17.9 Å². The Hall–Kier alpha value is -1.85. The van der Waals surface area contributed by atoms with Crippen molar-refractivity contribution >= 4 is 10.9 Å². The molecule has 0 aliphatic heterocycles. The summed E-state index contributed by atoms with van der Waals surface area (Å²) >= 11 is 0. The number of hydrogen-bond donors (Lipinski definition) is 1. The van der Waals surface area contributed by atoms with Crippen molar-refractivity contribution < 1.29 is 0 Å². The SMILES string of the molecule is CNCCC#Cc1ccc2ncccc2c1. The number of pyridine rings is 1. The number of hydrogen-bond acceptors (Lipinski definition) is 2. The summed E-state index contributed by atoms with van der Waals surface area (Å²) in [5, 5.41) is 4.21. The number of rotatable bonds is 2. The van der Waals surface area contributed by atoms with Crippen LogP contribution in [0.2, 0.25) is 0 Å². The zero-order chi connectivity index (χ0) is 11.2. The van der Waals surface area contributed by atoms with Crippen LogP contribution in [0.15, 0.2) is 36.5 Å². The minimum absolute atomic E-state index is 0.877. The van der Waals surface area contributed by atoms with E-state index >= 15 is 0 Å². The summed E-state index contributed by atoms with van der Waals surface area (Å²) in [4.78, 5) is 4.27. The van der Waals surface area contributed by atoms with Gasteiger partial charge >= 0.3 is 0 Å². The highest BCUT2D eigenvalue weighted by Gasteiger charge is 1.93. The lowest BCUT2D eigenvalue weighted by Crippen LogP contribution is -2.05. The van der Waals surface area contributed by atoms with Gasteiger partial charge in [-0.3, -0.25) is 4.98 Å². The third-order valence-corrected chi connectivity index (χ3v) is 2.34. The second-order valence-electron chi connectivity index (χ2n) is 3.57. The molecule has 2 aromatic rings. The molecule has 1 aromatic carbocycles. The Balaban J connectivity index is 2.21. The summed E-state index contributed by atoms with van der Waals surface area (Å²) in [5.74, 6) is 6.29. The van der Waals surface area contributed by atoms with Crippen LogP contribution in [0, 0.1) is 11.8 Å². The first-order valence-electron chi connectivity index (χ1n) is 5.38. The predicted octanol–water partition coefficient (Wildman–Crippen LogP) is 2.20. The van der Waals surface area contributed by atoms with E-state index in [-0.39, 0.29) is 0 Å². The molecule has 0 fully saturated rings.